The molecule has 0 saturated heterocycles. The molecule has 2 atom stereocenters. The maximum absolute atomic E-state index is 12.7. The lowest BCUT2D eigenvalue weighted by Crippen LogP contribution is -2.41. The molecule has 1 aromatic carbocycles. The molecular formula is C16H22N2O3. The van der Waals surface area contributed by atoms with E-state index in [4.69, 9.17) is 10.8 Å². The number of anilines is 1. The molecule has 1 aromatic rings. The highest BCUT2D eigenvalue weighted by Gasteiger charge is 2.29. The van der Waals surface area contributed by atoms with Crippen LogP contribution >= 0.6 is 0 Å². The van der Waals surface area contributed by atoms with E-state index in [2.05, 4.69) is 0 Å². The highest BCUT2D eigenvalue weighted by Crippen LogP contribution is 2.27. The van der Waals surface area contributed by atoms with Crippen LogP contribution in [0.25, 0.3) is 0 Å². The first-order chi connectivity index (χ1) is 10.1. The average Bonchev–Trinajstić information content (AvgIpc) is 2.48. The summed E-state index contributed by atoms with van der Waals surface area (Å²) in [6.45, 7) is 0.198. The molecule has 21 heavy (non-hydrogen) atoms. The summed E-state index contributed by atoms with van der Waals surface area (Å²) in [7, 11) is 0. The Balaban J connectivity index is 2.14. The Bertz CT molecular complexity index is 490. The number of amides is 1. The van der Waals surface area contributed by atoms with Crippen LogP contribution in [0.2, 0.25) is 0 Å². The van der Waals surface area contributed by atoms with E-state index in [9.17, 15) is 9.59 Å². The van der Waals surface area contributed by atoms with Gasteiger partial charge >= 0.3 is 5.97 Å². The van der Waals surface area contributed by atoms with Gasteiger partial charge < -0.3 is 15.7 Å². The van der Waals surface area contributed by atoms with Crippen LogP contribution in [0.4, 0.5) is 5.69 Å². The van der Waals surface area contributed by atoms with Gasteiger partial charge in [0.25, 0.3) is 0 Å². The summed E-state index contributed by atoms with van der Waals surface area (Å²) in [4.78, 5) is 25.2. The zero-order valence-corrected chi connectivity index (χ0v) is 12.1. The van der Waals surface area contributed by atoms with Gasteiger partial charge in [-0.15, -0.1) is 0 Å². The Kier molecular flexibility index (Phi) is 5.33. The molecule has 0 radical (unpaired) electrons. The Morgan fingerprint density at radius 3 is 2.57 bits per heavy atom. The summed E-state index contributed by atoms with van der Waals surface area (Å²) < 4.78 is 0. The van der Waals surface area contributed by atoms with E-state index in [0.29, 0.717) is 6.42 Å². The maximum atomic E-state index is 12.7. The van der Waals surface area contributed by atoms with Gasteiger partial charge in [-0.3, -0.25) is 9.59 Å². The number of rotatable bonds is 5. The van der Waals surface area contributed by atoms with E-state index in [0.717, 1.165) is 24.9 Å². The molecule has 5 heteroatoms. The Morgan fingerprint density at radius 2 is 1.95 bits per heavy atom. The predicted octanol–water partition coefficient (Wildman–Crippen LogP) is 2.01. The van der Waals surface area contributed by atoms with Crippen LogP contribution in [0.1, 0.15) is 32.1 Å². The van der Waals surface area contributed by atoms with Crippen LogP contribution in [0.3, 0.4) is 0 Å². The summed E-state index contributed by atoms with van der Waals surface area (Å²) >= 11 is 0. The third-order valence-electron chi connectivity index (χ3n) is 3.95. The van der Waals surface area contributed by atoms with Crippen molar-refractivity contribution in [3.8, 4) is 0 Å². The van der Waals surface area contributed by atoms with Crippen molar-refractivity contribution in [2.45, 2.75) is 38.1 Å². The highest BCUT2D eigenvalue weighted by atomic mass is 16.4. The van der Waals surface area contributed by atoms with Gasteiger partial charge in [0, 0.05) is 24.2 Å². The van der Waals surface area contributed by atoms with Gasteiger partial charge in [-0.05, 0) is 31.4 Å². The lowest BCUT2D eigenvalue weighted by atomic mass is 9.85. The molecule has 1 saturated carbocycles. The van der Waals surface area contributed by atoms with Crippen LogP contribution in [0.5, 0.6) is 0 Å². The number of nitrogens with zero attached hydrogens (tertiary/aromatic N) is 1. The number of carbonyl (C=O) groups excluding carboxylic acids is 1. The van der Waals surface area contributed by atoms with Crippen LogP contribution in [-0.2, 0) is 9.59 Å². The highest BCUT2D eigenvalue weighted by molar-refractivity contribution is 5.95. The standard InChI is InChI=1S/C16H22N2O3/c17-13-6-4-5-12(11-13)16(21)18(10-9-15(19)20)14-7-2-1-3-8-14/h1-3,7-8,12-13H,4-6,9-11,17H2,(H,19,20). The van der Waals surface area contributed by atoms with Gasteiger partial charge in [-0.2, -0.15) is 0 Å². The molecule has 1 amide bonds. The smallest absolute Gasteiger partial charge is 0.305 e. The van der Waals surface area contributed by atoms with Gasteiger partial charge in [-0.1, -0.05) is 24.6 Å². The van der Waals surface area contributed by atoms with Gasteiger partial charge in [0.1, 0.15) is 0 Å². The first kappa shape index (κ1) is 15.5. The molecule has 2 rings (SSSR count). The Morgan fingerprint density at radius 1 is 1.24 bits per heavy atom. The van der Waals surface area contributed by atoms with Crippen molar-refractivity contribution in [3.05, 3.63) is 30.3 Å². The number of carboxylic acids is 1. The molecular weight excluding hydrogens is 268 g/mol. The zero-order chi connectivity index (χ0) is 15.2. The number of hydrogen-bond acceptors (Lipinski definition) is 3. The molecule has 114 valence electrons. The summed E-state index contributed by atoms with van der Waals surface area (Å²) in [5, 5.41) is 8.89. The SMILES string of the molecule is NC1CCCC(C(=O)N(CCC(=O)O)c2ccccc2)C1. The molecule has 0 spiro atoms. The second-order valence-corrected chi connectivity index (χ2v) is 5.59. The lowest BCUT2D eigenvalue weighted by molar-refractivity contribution is -0.136. The third kappa shape index (κ3) is 4.29. The second-order valence-electron chi connectivity index (χ2n) is 5.59. The fraction of sp³-hybridized carbons (Fsp3) is 0.500. The van der Waals surface area contributed by atoms with Crippen molar-refractivity contribution >= 4 is 17.6 Å². The maximum Gasteiger partial charge on any atom is 0.305 e. The number of carboxylic acid groups (broad SMARTS) is 1. The molecule has 1 aliphatic carbocycles. The van der Waals surface area contributed by atoms with E-state index >= 15 is 0 Å². The molecule has 2 unspecified atom stereocenters. The Labute approximate surface area is 124 Å². The first-order valence-corrected chi connectivity index (χ1v) is 7.41. The van der Waals surface area contributed by atoms with E-state index in [1.165, 1.54) is 0 Å². The summed E-state index contributed by atoms with van der Waals surface area (Å²) in [6, 6.07) is 9.32. The summed E-state index contributed by atoms with van der Waals surface area (Å²) in [6.07, 6.45) is 3.39. The molecule has 1 fully saturated rings. The van der Waals surface area contributed by atoms with Crippen molar-refractivity contribution in [2.24, 2.45) is 11.7 Å². The van der Waals surface area contributed by atoms with Crippen LogP contribution in [0, 0.1) is 5.92 Å². The number of hydrogen-bond donors (Lipinski definition) is 2. The van der Waals surface area contributed by atoms with Crippen LogP contribution in [-0.4, -0.2) is 29.6 Å². The zero-order valence-electron chi connectivity index (χ0n) is 12.1. The number of nitrogens with two attached hydrogens (primary N) is 1. The van der Waals surface area contributed by atoms with Gasteiger partial charge in [0.05, 0.1) is 6.42 Å². The fourth-order valence-electron chi connectivity index (χ4n) is 2.85. The quantitative estimate of drug-likeness (QED) is 0.869. The van der Waals surface area contributed by atoms with Crippen LogP contribution in [0.15, 0.2) is 30.3 Å². The van der Waals surface area contributed by atoms with Gasteiger partial charge in [0.2, 0.25) is 5.91 Å². The predicted molar refractivity (Wildman–Crippen MR) is 81.0 cm³/mol. The number of carbonyl (C=O) groups is 2. The molecule has 0 aliphatic heterocycles. The van der Waals surface area contributed by atoms with E-state index in [1.54, 1.807) is 4.90 Å². The van der Waals surface area contributed by atoms with E-state index in [-0.39, 0.29) is 30.8 Å². The third-order valence-corrected chi connectivity index (χ3v) is 3.95. The lowest BCUT2D eigenvalue weighted by Gasteiger charge is -2.31. The second kappa shape index (κ2) is 7.22. The molecule has 0 bridgehead atoms. The number of aliphatic carboxylic acids is 1. The number of benzene rings is 1. The first-order valence-electron chi connectivity index (χ1n) is 7.41. The molecule has 3 N–H and O–H groups in total. The molecule has 0 heterocycles. The number of para-hydroxylation sites is 1. The topological polar surface area (TPSA) is 83.6 Å². The average molecular weight is 290 g/mol. The van der Waals surface area contributed by atoms with E-state index < -0.39 is 5.97 Å². The van der Waals surface area contributed by atoms with Crippen molar-refractivity contribution in [1.29, 1.82) is 0 Å². The molecule has 1 aliphatic rings. The summed E-state index contributed by atoms with van der Waals surface area (Å²) in [5.41, 5.74) is 6.71. The fourth-order valence-corrected chi connectivity index (χ4v) is 2.85. The van der Waals surface area contributed by atoms with Crippen LogP contribution < -0.4 is 10.6 Å². The minimum Gasteiger partial charge on any atom is -0.481 e. The van der Waals surface area contributed by atoms with Crippen molar-refractivity contribution in [2.75, 3.05) is 11.4 Å². The Hall–Kier alpha value is -1.88. The van der Waals surface area contributed by atoms with Crippen molar-refractivity contribution in [1.82, 2.24) is 0 Å². The van der Waals surface area contributed by atoms with Gasteiger partial charge in [0.15, 0.2) is 0 Å². The van der Waals surface area contributed by atoms with Crippen molar-refractivity contribution in [3.63, 3.8) is 0 Å². The normalized spacial score (nSPS) is 21.8. The van der Waals surface area contributed by atoms with Crippen molar-refractivity contribution < 1.29 is 14.7 Å². The molecule has 5 nitrogen and oxygen atoms in total. The largest absolute Gasteiger partial charge is 0.481 e. The monoisotopic (exact) mass is 290 g/mol. The minimum atomic E-state index is -0.899. The van der Waals surface area contributed by atoms with E-state index in [1.807, 2.05) is 30.3 Å². The summed E-state index contributed by atoms with van der Waals surface area (Å²) in [5.74, 6) is -0.996. The minimum absolute atomic E-state index is 0.00222. The molecule has 0 aromatic heterocycles. The van der Waals surface area contributed by atoms with Gasteiger partial charge in [-0.25, -0.2) is 0 Å².